The number of hydrogen-bond donors (Lipinski definition) is 1. The maximum atomic E-state index is 13.0. The number of amides is 1. The maximum Gasteiger partial charge on any atom is 0.573 e. The van der Waals surface area contributed by atoms with Gasteiger partial charge in [-0.2, -0.15) is 0 Å². The second-order valence-electron chi connectivity index (χ2n) is 8.87. The van der Waals surface area contributed by atoms with Crippen molar-refractivity contribution in [3.05, 3.63) is 65.4 Å². The first-order valence-corrected chi connectivity index (χ1v) is 11.5. The van der Waals surface area contributed by atoms with Gasteiger partial charge in [0, 0.05) is 31.3 Å². The number of allylic oxidation sites excluding steroid dienone is 1. The molecule has 1 unspecified atom stereocenters. The van der Waals surface area contributed by atoms with E-state index in [0.717, 1.165) is 24.2 Å². The van der Waals surface area contributed by atoms with Crippen LogP contribution in [0.2, 0.25) is 0 Å². The first-order valence-electron chi connectivity index (χ1n) is 11.5. The van der Waals surface area contributed by atoms with E-state index in [9.17, 15) is 18.0 Å². The van der Waals surface area contributed by atoms with Crippen LogP contribution in [0.15, 0.2) is 59.2 Å². The molecule has 0 saturated carbocycles. The van der Waals surface area contributed by atoms with Crippen LogP contribution in [0.25, 0.3) is 11.1 Å². The number of rotatable bonds is 5. The number of morpholine rings is 1. The number of aliphatic imine (C=N–C) groups is 1. The number of carbonyl (C=O) groups is 1. The summed E-state index contributed by atoms with van der Waals surface area (Å²) in [7, 11) is 0. The summed E-state index contributed by atoms with van der Waals surface area (Å²) in [6.07, 6.45) is -0.0549. The molecule has 2 aromatic rings. The van der Waals surface area contributed by atoms with Crippen LogP contribution in [0.5, 0.6) is 5.75 Å². The van der Waals surface area contributed by atoms with Crippen molar-refractivity contribution in [3.8, 4) is 16.9 Å². The van der Waals surface area contributed by atoms with Crippen molar-refractivity contribution in [2.75, 3.05) is 13.1 Å². The lowest BCUT2D eigenvalue weighted by atomic mass is 9.96. The van der Waals surface area contributed by atoms with Crippen molar-refractivity contribution in [2.24, 2.45) is 4.99 Å². The molecule has 35 heavy (non-hydrogen) atoms. The van der Waals surface area contributed by atoms with E-state index in [1.54, 1.807) is 18.3 Å². The van der Waals surface area contributed by atoms with E-state index in [-0.39, 0.29) is 30.0 Å². The van der Waals surface area contributed by atoms with E-state index in [4.69, 9.17) is 4.74 Å². The van der Waals surface area contributed by atoms with Gasteiger partial charge in [-0.3, -0.25) is 14.7 Å². The van der Waals surface area contributed by atoms with E-state index >= 15 is 0 Å². The molecule has 0 bridgehead atoms. The Morgan fingerprint density at radius 2 is 1.80 bits per heavy atom. The normalized spacial score (nSPS) is 23.0. The number of alkyl halides is 3. The number of dihydropyridines is 1. The smallest absolute Gasteiger partial charge is 0.406 e. The number of carbonyl (C=O) groups excluding carboxylic acids is 1. The fourth-order valence-corrected chi connectivity index (χ4v) is 4.53. The van der Waals surface area contributed by atoms with Gasteiger partial charge < -0.3 is 14.8 Å². The predicted molar refractivity (Wildman–Crippen MR) is 127 cm³/mol. The number of hydrogen-bond acceptors (Lipinski definition) is 5. The van der Waals surface area contributed by atoms with Crippen LogP contribution in [0.3, 0.4) is 0 Å². The zero-order valence-electron chi connectivity index (χ0n) is 19.8. The third-order valence-corrected chi connectivity index (χ3v) is 6.04. The highest BCUT2D eigenvalue weighted by atomic mass is 19.4. The third-order valence-electron chi connectivity index (χ3n) is 6.04. The van der Waals surface area contributed by atoms with Gasteiger partial charge in [0.25, 0.3) is 5.91 Å². The predicted octanol–water partition coefficient (Wildman–Crippen LogP) is 5.08. The Morgan fingerprint density at radius 3 is 2.40 bits per heavy atom. The Labute approximate surface area is 202 Å². The number of benzene rings is 2. The van der Waals surface area contributed by atoms with Gasteiger partial charge in [-0.25, -0.2) is 0 Å². The summed E-state index contributed by atoms with van der Waals surface area (Å²) < 4.78 is 47.0. The van der Waals surface area contributed by atoms with Crippen molar-refractivity contribution in [2.45, 2.75) is 51.9 Å². The molecule has 2 heterocycles. The molecular formula is C26H28F3N3O3. The molecule has 2 aromatic carbocycles. The first kappa shape index (κ1) is 24.9. The van der Waals surface area contributed by atoms with Gasteiger partial charge in [-0.05, 0) is 55.7 Å². The molecule has 1 fully saturated rings. The lowest BCUT2D eigenvalue weighted by molar-refractivity contribution is -0.274. The molecule has 0 aliphatic carbocycles. The van der Waals surface area contributed by atoms with Crippen LogP contribution in [-0.2, 0) is 4.74 Å². The Kier molecular flexibility index (Phi) is 7.28. The third kappa shape index (κ3) is 6.29. The molecule has 186 valence electrons. The van der Waals surface area contributed by atoms with Gasteiger partial charge in [-0.1, -0.05) is 30.3 Å². The minimum absolute atomic E-state index is 0.0267. The van der Waals surface area contributed by atoms with Crippen LogP contribution in [0.4, 0.5) is 13.2 Å². The molecule has 0 aromatic heterocycles. The highest BCUT2D eigenvalue weighted by Crippen LogP contribution is 2.29. The largest absolute Gasteiger partial charge is 0.573 e. The molecule has 2 aliphatic rings. The zero-order valence-corrected chi connectivity index (χ0v) is 19.8. The summed E-state index contributed by atoms with van der Waals surface area (Å²) >= 11 is 0. The van der Waals surface area contributed by atoms with Crippen molar-refractivity contribution in [1.82, 2.24) is 10.2 Å². The van der Waals surface area contributed by atoms with Gasteiger partial charge in [-0.15, -0.1) is 13.2 Å². The molecule has 6 nitrogen and oxygen atoms in total. The van der Waals surface area contributed by atoms with Gasteiger partial charge in [0.15, 0.2) is 0 Å². The van der Waals surface area contributed by atoms with Crippen LogP contribution in [0.1, 0.15) is 36.2 Å². The van der Waals surface area contributed by atoms with Crippen LogP contribution in [0, 0.1) is 6.92 Å². The van der Waals surface area contributed by atoms with Crippen LogP contribution in [-0.4, -0.2) is 54.8 Å². The highest BCUT2D eigenvalue weighted by molar-refractivity contribution is 6.01. The van der Waals surface area contributed by atoms with Gasteiger partial charge in [0.2, 0.25) is 0 Å². The van der Waals surface area contributed by atoms with E-state index in [2.05, 4.69) is 33.8 Å². The SMILES string of the molecule is Cc1c(C(=O)NC2=CCC(N3C[C@@H](C)O[C@@H](C)C3)N=C2)cccc1-c1ccc(OC(F)(F)F)cc1. The topological polar surface area (TPSA) is 63.2 Å². The fourth-order valence-electron chi connectivity index (χ4n) is 4.53. The fraction of sp³-hybridized carbons (Fsp3) is 0.385. The summed E-state index contributed by atoms with van der Waals surface area (Å²) in [4.78, 5) is 19.9. The molecular weight excluding hydrogens is 459 g/mol. The molecule has 1 N–H and O–H groups in total. The number of ether oxygens (including phenoxy) is 2. The molecule has 2 aliphatic heterocycles. The molecule has 1 saturated heterocycles. The summed E-state index contributed by atoms with van der Waals surface area (Å²) in [5.41, 5.74) is 3.27. The van der Waals surface area contributed by atoms with Crippen LogP contribution < -0.4 is 10.1 Å². The van der Waals surface area contributed by atoms with E-state index < -0.39 is 6.36 Å². The molecule has 0 spiro atoms. The minimum atomic E-state index is -4.74. The zero-order chi connectivity index (χ0) is 25.2. The Morgan fingerprint density at radius 1 is 1.11 bits per heavy atom. The molecule has 9 heteroatoms. The summed E-state index contributed by atoms with van der Waals surface area (Å²) in [6.45, 7) is 7.55. The van der Waals surface area contributed by atoms with E-state index in [1.165, 1.54) is 24.3 Å². The van der Waals surface area contributed by atoms with Crippen molar-refractivity contribution < 1.29 is 27.4 Å². The quantitative estimate of drug-likeness (QED) is 0.639. The van der Waals surface area contributed by atoms with Gasteiger partial charge in [0.05, 0.1) is 17.9 Å². The Bertz CT molecular complexity index is 1120. The van der Waals surface area contributed by atoms with Crippen LogP contribution >= 0.6 is 0 Å². The van der Waals surface area contributed by atoms with Gasteiger partial charge >= 0.3 is 6.36 Å². The standard InChI is InChI=1S/C26H28F3N3O3/c1-16-14-32(15-17(2)34-16)24-12-9-20(13-30-24)31-25(33)23-6-4-5-22(18(23)3)19-7-10-21(11-8-19)35-26(27,28)29/h4-11,13,16-17,24H,12,14-15H2,1-3H3,(H,31,33)/t16-,17+,24?. The summed E-state index contributed by atoms with van der Waals surface area (Å²) in [5.74, 6) is -0.568. The Hall–Kier alpha value is -3.17. The second kappa shape index (κ2) is 10.2. The average molecular weight is 488 g/mol. The molecule has 1 amide bonds. The average Bonchev–Trinajstić information content (AvgIpc) is 2.79. The van der Waals surface area contributed by atoms with Crippen molar-refractivity contribution in [1.29, 1.82) is 0 Å². The number of nitrogens with zero attached hydrogens (tertiary/aromatic N) is 2. The monoisotopic (exact) mass is 487 g/mol. The summed E-state index contributed by atoms with van der Waals surface area (Å²) in [5, 5.41) is 2.92. The minimum Gasteiger partial charge on any atom is -0.406 e. The maximum absolute atomic E-state index is 13.0. The Balaban J connectivity index is 1.42. The molecule has 3 atom stereocenters. The molecule has 0 radical (unpaired) electrons. The number of halogens is 3. The van der Waals surface area contributed by atoms with Crippen molar-refractivity contribution in [3.63, 3.8) is 0 Å². The van der Waals surface area contributed by atoms with E-state index in [0.29, 0.717) is 23.2 Å². The van der Waals surface area contributed by atoms with Crippen molar-refractivity contribution >= 4 is 12.1 Å². The van der Waals surface area contributed by atoms with E-state index in [1.807, 2.05) is 19.1 Å². The molecule has 4 rings (SSSR count). The first-order chi connectivity index (χ1) is 16.6. The highest BCUT2D eigenvalue weighted by Gasteiger charge is 2.31. The lowest BCUT2D eigenvalue weighted by Gasteiger charge is -2.39. The lowest BCUT2D eigenvalue weighted by Crippen LogP contribution is -2.50. The number of nitrogens with one attached hydrogen (secondary N) is 1. The van der Waals surface area contributed by atoms with Gasteiger partial charge in [0.1, 0.15) is 11.9 Å². The second-order valence-corrected chi connectivity index (χ2v) is 8.87. The summed E-state index contributed by atoms with van der Waals surface area (Å²) in [6, 6.07) is 10.9.